The van der Waals surface area contributed by atoms with Crippen molar-refractivity contribution in [1.82, 2.24) is 9.37 Å². The maximum Gasteiger partial charge on any atom is 0.310 e. The van der Waals surface area contributed by atoms with Crippen molar-refractivity contribution in [1.29, 1.82) is 0 Å². The summed E-state index contributed by atoms with van der Waals surface area (Å²) in [6, 6.07) is 14.7. The first-order valence-electron chi connectivity index (χ1n) is 12.2. The zero-order valence-electron chi connectivity index (χ0n) is 21.0. The third-order valence-electron chi connectivity index (χ3n) is 6.70. The maximum absolute atomic E-state index is 13.7. The van der Waals surface area contributed by atoms with Gasteiger partial charge in [0.15, 0.2) is 11.5 Å². The molecule has 0 saturated carbocycles. The number of piperidine rings is 1. The molecule has 2 fully saturated rings. The molecule has 0 spiro atoms. The standard InChI is InChI=1S/C26H34N2O7S/c1-4-33-26(29)21-11-8-14-28(16-21)36(30,31)24-18-35-27(2)25(24)20-12-13-22(23(15-20)32-3)34-17-19-9-6-5-7-10-19/h5-7,9-10,12-13,15,21,24-25H,4,8,11,14,16-18H2,1-3H3/t21-,24+,25+/m1/s1. The molecule has 2 heterocycles. The number of esters is 1. The summed E-state index contributed by atoms with van der Waals surface area (Å²) in [5.74, 6) is 0.289. The van der Waals surface area contributed by atoms with Crippen LogP contribution in [0.5, 0.6) is 11.5 Å². The highest BCUT2D eigenvalue weighted by Gasteiger charge is 2.47. The molecule has 2 aromatic carbocycles. The summed E-state index contributed by atoms with van der Waals surface area (Å²) in [4.78, 5) is 18.0. The lowest BCUT2D eigenvalue weighted by molar-refractivity contribution is -0.149. The number of nitrogens with zero attached hydrogens (tertiary/aromatic N) is 2. The van der Waals surface area contributed by atoms with Gasteiger partial charge in [-0.2, -0.15) is 5.06 Å². The highest BCUT2D eigenvalue weighted by atomic mass is 32.2. The molecule has 0 amide bonds. The van der Waals surface area contributed by atoms with E-state index in [9.17, 15) is 13.2 Å². The first-order valence-corrected chi connectivity index (χ1v) is 13.7. The van der Waals surface area contributed by atoms with Crippen LogP contribution in [0.15, 0.2) is 48.5 Å². The molecule has 0 bridgehead atoms. The molecule has 196 valence electrons. The Kier molecular flexibility index (Phi) is 8.50. The number of carbonyl (C=O) groups excluding carboxylic acids is 1. The van der Waals surface area contributed by atoms with Gasteiger partial charge in [-0.05, 0) is 43.0 Å². The summed E-state index contributed by atoms with van der Waals surface area (Å²) in [5.41, 5.74) is 1.77. The van der Waals surface area contributed by atoms with Crippen LogP contribution < -0.4 is 9.47 Å². The number of carbonyl (C=O) groups is 1. The molecule has 3 atom stereocenters. The van der Waals surface area contributed by atoms with E-state index in [0.717, 1.165) is 11.1 Å². The van der Waals surface area contributed by atoms with Crippen LogP contribution in [0.25, 0.3) is 0 Å². The largest absolute Gasteiger partial charge is 0.493 e. The van der Waals surface area contributed by atoms with Gasteiger partial charge in [0.2, 0.25) is 10.0 Å². The lowest BCUT2D eigenvalue weighted by Crippen LogP contribution is -2.48. The molecule has 0 N–H and O–H groups in total. The van der Waals surface area contributed by atoms with Crippen LogP contribution in [0.4, 0.5) is 0 Å². The SMILES string of the molecule is CCOC(=O)[C@@H]1CCCN(S(=O)(=O)[C@H]2CON(C)[C@H]2c2ccc(OCc3ccccc3)c(OC)c2)C1. The van der Waals surface area contributed by atoms with Crippen molar-refractivity contribution in [3.05, 3.63) is 59.7 Å². The van der Waals surface area contributed by atoms with Crippen LogP contribution in [0.1, 0.15) is 36.9 Å². The molecule has 2 aliphatic heterocycles. The summed E-state index contributed by atoms with van der Waals surface area (Å²) >= 11 is 0. The lowest BCUT2D eigenvalue weighted by Gasteiger charge is -2.34. The number of hydroxylamine groups is 2. The molecular weight excluding hydrogens is 484 g/mol. The minimum atomic E-state index is -3.76. The van der Waals surface area contributed by atoms with E-state index in [4.69, 9.17) is 19.0 Å². The number of methoxy groups -OCH3 is 1. The van der Waals surface area contributed by atoms with Gasteiger partial charge in [-0.3, -0.25) is 9.63 Å². The highest BCUT2D eigenvalue weighted by molar-refractivity contribution is 7.89. The van der Waals surface area contributed by atoms with Gasteiger partial charge in [0.1, 0.15) is 11.9 Å². The third kappa shape index (κ3) is 5.67. The van der Waals surface area contributed by atoms with Gasteiger partial charge in [0.25, 0.3) is 0 Å². The molecule has 2 aromatic rings. The quantitative estimate of drug-likeness (QED) is 0.468. The van der Waals surface area contributed by atoms with Gasteiger partial charge in [0.05, 0.1) is 32.3 Å². The van der Waals surface area contributed by atoms with Crippen molar-refractivity contribution in [2.45, 2.75) is 37.7 Å². The minimum Gasteiger partial charge on any atom is -0.493 e. The van der Waals surface area contributed by atoms with Gasteiger partial charge < -0.3 is 14.2 Å². The predicted molar refractivity (Wildman–Crippen MR) is 134 cm³/mol. The second-order valence-corrected chi connectivity index (χ2v) is 11.2. The summed E-state index contributed by atoms with van der Waals surface area (Å²) in [6.07, 6.45) is 1.23. The number of ether oxygens (including phenoxy) is 3. The average Bonchev–Trinajstić information content (AvgIpc) is 3.30. The van der Waals surface area contributed by atoms with Crippen molar-refractivity contribution in [3.8, 4) is 11.5 Å². The van der Waals surface area contributed by atoms with E-state index in [2.05, 4.69) is 0 Å². The minimum absolute atomic E-state index is 0.0264. The normalized spacial score (nSPS) is 23.4. The summed E-state index contributed by atoms with van der Waals surface area (Å²) in [6.45, 7) is 2.94. The van der Waals surface area contributed by atoms with Gasteiger partial charge in [-0.1, -0.05) is 36.4 Å². The Bertz CT molecular complexity index is 1140. The van der Waals surface area contributed by atoms with E-state index in [-0.39, 0.29) is 25.7 Å². The number of benzene rings is 2. The van der Waals surface area contributed by atoms with E-state index < -0.39 is 27.2 Å². The van der Waals surface area contributed by atoms with Crippen molar-refractivity contribution < 1.29 is 32.3 Å². The van der Waals surface area contributed by atoms with Crippen molar-refractivity contribution in [2.75, 3.05) is 40.5 Å². The molecule has 10 heteroatoms. The number of rotatable bonds is 9. The molecule has 0 aromatic heterocycles. The van der Waals surface area contributed by atoms with Crippen LogP contribution in [0.2, 0.25) is 0 Å². The Labute approximate surface area is 212 Å². The van der Waals surface area contributed by atoms with Gasteiger partial charge >= 0.3 is 5.97 Å². The molecule has 0 unspecified atom stereocenters. The van der Waals surface area contributed by atoms with Gasteiger partial charge in [-0.25, -0.2) is 12.7 Å². The average molecular weight is 519 g/mol. The topological polar surface area (TPSA) is 94.6 Å². The van der Waals surface area contributed by atoms with Gasteiger partial charge in [0, 0.05) is 20.1 Å². The molecule has 0 radical (unpaired) electrons. The maximum atomic E-state index is 13.7. The van der Waals surface area contributed by atoms with Crippen molar-refractivity contribution in [2.24, 2.45) is 5.92 Å². The molecule has 0 aliphatic carbocycles. The van der Waals surface area contributed by atoms with Crippen LogP contribution in [0, 0.1) is 5.92 Å². The smallest absolute Gasteiger partial charge is 0.310 e. The summed E-state index contributed by atoms with van der Waals surface area (Å²) in [7, 11) is -0.480. The fraction of sp³-hybridized carbons (Fsp3) is 0.500. The summed E-state index contributed by atoms with van der Waals surface area (Å²) in [5, 5.41) is 0.748. The molecule has 36 heavy (non-hydrogen) atoms. The number of sulfonamides is 1. The highest BCUT2D eigenvalue weighted by Crippen LogP contribution is 2.39. The Morgan fingerprint density at radius 2 is 1.92 bits per heavy atom. The van der Waals surface area contributed by atoms with Crippen molar-refractivity contribution in [3.63, 3.8) is 0 Å². The molecule has 2 saturated heterocycles. The lowest BCUT2D eigenvalue weighted by atomic mass is 10.0. The van der Waals surface area contributed by atoms with Crippen LogP contribution >= 0.6 is 0 Å². The fourth-order valence-corrected chi connectivity index (χ4v) is 6.85. The molecule has 9 nitrogen and oxygen atoms in total. The molecular formula is C26H34N2O7S. The fourth-order valence-electron chi connectivity index (χ4n) is 4.81. The third-order valence-corrected chi connectivity index (χ3v) is 8.91. The molecule has 2 aliphatic rings. The van der Waals surface area contributed by atoms with E-state index in [1.807, 2.05) is 36.4 Å². The van der Waals surface area contributed by atoms with E-state index >= 15 is 0 Å². The zero-order valence-corrected chi connectivity index (χ0v) is 21.8. The summed E-state index contributed by atoms with van der Waals surface area (Å²) < 4.78 is 45.6. The monoisotopic (exact) mass is 518 g/mol. The van der Waals surface area contributed by atoms with Gasteiger partial charge in [-0.15, -0.1) is 0 Å². The first kappa shape index (κ1) is 26.4. The predicted octanol–water partition coefficient (Wildman–Crippen LogP) is 3.17. The number of hydrogen-bond donors (Lipinski definition) is 0. The van der Waals surface area contributed by atoms with E-state index in [1.165, 1.54) is 4.31 Å². The van der Waals surface area contributed by atoms with Crippen LogP contribution in [-0.4, -0.2) is 69.5 Å². The van der Waals surface area contributed by atoms with E-state index in [1.54, 1.807) is 38.3 Å². The Morgan fingerprint density at radius 1 is 1.14 bits per heavy atom. The van der Waals surface area contributed by atoms with Crippen molar-refractivity contribution >= 4 is 16.0 Å². The number of hydrogen-bond acceptors (Lipinski definition) is 8. The van der Waals surface area contributed by atoms with E-state index in [0.29, 0.717) is 37.5 Å². The second kappa shape index (κ2) is 11.6. The Hall–Kier alpha value is -2.66. The first-order chi connectivity index (χ1) is 17.3. The van der Waals surface area contributed by atoms with Crippen LogP contribution in [0.3, 0.4) is 0 Å². The zero-order chi connectivity index (χ0) is 25.7. The van der Waals surface area contributed by atoms with Crippen LogP contribution in [-0.2, 0) is 31.0 Å². The Morgan fingerprint density at radius 3 is 2.64 bits per heavy atom. The molecule has 4 rings (SSSR count). The second-order valence-electron chi connectivity index (χ2n) is 9.00. The Balaban J connectivity index is 1.54.